The van der Waals surface area contributed by atoms with Crippen molar-refractivity contribution in [3.8, 4) is 0 Å². The molecule has 0 spiro atoms. The molecule has 90 valence electrons. The van der Waals surface area contributed by atoms with Gasteiger partial charge in [0.15, 0.2) is 5.13 Å². The van der Waals surface area contributed by atoms with Gasteiger partial charge in [-0.1, -0.05) is 29.5 Å². The maximum absolute atomic E-state index is 5.41. The van der Waals surface area contributed by atoms with Crippen molar-refractivity contribution in [3.63, 3.8) is 0 Å². The fourth-order valence-corrected chi connectivity index (χ4v) is 2.34. The molecule has 0 aliphatic carbocycles. The highest BCUT2D eigenvalue weighted by Crippen LogP contribution is 2.24. The number of anilines is 1. The van der Waals surface area contributed by atoms with Crippen molar-refractivity contribution in [2.75, 3.05) is 25.1 Å². The van der Waals surface area contributed by atoms with Crippen LogP contribution in [0.5, 0.6) is 0 Å². The maximum Gasteiger partial charge on any atom is 0.183 e. The second kappa shape index (κ2) is 6.37. The maximum atomic E-state index is 5.41. The van der Waals surface area contributed by atoms with E-state index >= 15 is 0 Å². The van der Waals surface area contributed by atoms with Crippen LogP contribution in [0.15, 0.2) is 36.9 Å². The van der Waals surface area contributed by atoms with Gasteiger partial charge in [0, 0.05) is 6.54 Å². The van der Waals surface area contributed by atoms with Gasteiger partial charge in [-0.15, -0.1) is 6.58 Å². The van der Waals surface area contributed by atoms with Crippen molar-refractivity contribution in [2.45, 2.75) is 6.42 Å². The first-order valence-electron chi connectivity index (χ1n) is 5.68. The molecule has 4 heteroatoms. The number of hydrogen-bond acceptors (Lipinski definition) is 4. The second-order valence-corrected chi connectivity index (χ2v) is 4.63. The molecule has 0 bridgehead atoms. The molecule has 0 aliphatic rings. The van der Waals surface area contributed by atoms with Crippen LogP contribution in [-0.2, 0) is 4.74 Å². The minimum atomic E-state index is 0.698. The van der Waals surface area contributed by atoms with E-state index in [4.69, 9.17) is 4.74 Å². The van der Waals surface area contributed by atoms with Gasteiger partial charge in [-0.25, -0.2) is 4.98 Å². The first kappa shape index (κ1) is 12.1. The molecule has 0 unspecified atom stereocenters. The van der Waals surface area contributed by atoms with Crippen LogP contribution in [-0.4, -0.2) is 24.7 Å². The largest absolute Gasteiger partial charge is 0.379 e. The van der Waals surface area contributed by atoms with Gasteiger partial charge in [-0.05, 0) is 18.6 Å². The van der Waals surface area contributed by atoms with Gasteiger partial charge in [-0.2, -0.15) is 0 Å². The first-order chi connectivity index (χ1) is 8.40. The summed E-state index contributed by atoms with van der Waals surface area (Å²) in [4.78, 5) is 4.48. The second-order valence-electron chi connectivity index (χ2n) is 3.60. The van der Waals surface area contributed by atoms with E-state index in [0.29, 0.717) is 6.61 Å². The Morgan fingerprint density at radius 2 is 2.24 bits per heavy atom. The molecule has 1 aromatic heterocycles. The molecular formula is C13H16N2OS. The summed E-state index contributed by atoms with van der Waals surface area (Å²) in [6.45, 7) is 5.87. The minimum absolute atomic E-state index is 0.698. The zero-order valence-corrected chi connectivity index (χ0v) is 10.5. The van der Waals surface area contributed by atoms with Crippen LogP contribution in [0.4, 0.5) is 5.13 Å². The summed E-state index contributed by atoms with van der Waals surface area (Å²) in [5.74, 6) is 0. The standard InChI is InChI=1S/C13H16N2OS/c1-2-3-9-16-10-8-14-13-15-11-6-4-5-7-12(11)17-13/h2,4-7H,1,3,8-10H2,(H,14,15). The van der Waals surface area contributed by atoms with Crippen LogP contribution in [0, 0.1) is 0 Å². The predicted molar refractivity (Wildman–Crippen MR) is 73.7 cm³/mol. The Bertz CT molecular complexity index is 448. The van der Waals surface area contributed by atoms with Crippen molar-refractivity contribution in [1.82, 2.24) is 4.98 Å². The van der Waals surface area contributed by atoms with E-state index in [1.165, 1.54) is 4.70 Å². The van der Waals surface area contributed by atoms with Crippen LogP contribution in [0.3, 0.4) is 0 Å². The summed E-state index contributed by atoms with van der Waals surface area (Å²) in [6, 6.07) is 8.14. The fourth-order valence-electron chi connectivity index (χ4n) is 1.45. The summed E-state index contributed by atoms with van der Waals surface area (Å²) in [7, 11) is 0. The molecule has 0 aliphatic heterocycles. The van der Waals surface area contributed by atoms with Gasteiger partial charge in [0.1, 0.15) is 0 Å². The lowest BCUT2D eigenvalue weighted by molar-refractivity contribution is 0.149. The Morgan fingerprint density at radius 3 is 3.06 bits per heavy atom. The lowest BCUT2D eigenvalue weighted by atomic mass is 10.3. The molecule has 1 aromatic carbocycles. The lowest BCUT2D eigenvalue weighted by Crippen LogP contribution is -2.09. The summed E-state index contributed by atoms with van der Waals surface area (Å²) < 4.78 is 6.62. The number of para-hydroxylation sites is 1. The molecule has 0 atom stereocenters. The molecule has 3 nitrogen and oxygen atoms in total. The first-order valence-corrected chi connectivity index (χ1v) is 6.50. The third-order valence-electron chi connectivity index (χ3n) is 2.28. The van der Waals surface area contributed by atoms with Gasteiger partial charge in [0.05, 0.1) is 23.4 Å². The van der Waals surface area contributed by atoms with Crippen molar-refractivity contribution in [2.24, 2.45) is 0 Å². The molecule has 2 aromatic rings. The number of rotatable bonds is 7. The highest BCUT2D eigenvalue weighted by molar-refractivity contribution is 7.22. The molecule has 1 heterocycles. The number of ether oxygens (including phenoxy) is 1. The average Bonchev–Trinajstić information content (AvgIpc) is 2.76. The van der Waals surface area contributed by atoms with Gasteiger partial charge in [0.2, 0.25) is 0 Å². The van der Waals surface area contributed by atoms with Gasteiger partial charge < -0.3 is 10.1 Å². The molecule has 0 saturated heterocycles. The van der Waals surface area contributed by atoms with Crippen LogP contribution in [0.25, 0.3) is 10.2 Å². The Kier molecular flexibility index (Phi) is 4.53. The Labute approximate surface area is 105 Å². The zero-order chi connectivity index (χ0) is 11.9. The van der Waals surface area contributed by atoms with E-state index in [0.717, 1.165) is 30.2 Å². The number of nitrogens with one attached hydrogen (secondary N) is 1. The van der Waals surface area contributed by atoms with Crippen molar-refractivity contribution in [1.29, 1.82) is 0 Å². The molecule has 2 rings (SSSR count). The average molecular weight is 248 g/mol. The summed E-state index contributed by atoms with van der Waals surface area (Å²) >= 11 is 1.67. The molecule has 0 fully saturated rings. The topological polar surface area (TPSA) is 34.1 Å². The Morgan fingerprint density at radius 1 is 1.35 bits per heavy atom. The smallest absolute Gasteiger partial charge is 0.183 e. The number of aromatic nitrogens is 1. The van der Waals surface area contributed by atoms with E-state index < -0.39 is 0 Å². The highest BCUT2D eigenvalue weighted by atomic mass is 32.1. The third kappa shape index (κ3) is 3.54. The molecule has 0 amide bonds. The van der Waals surface area contributed by atoms with E-state index in [-0.39, 0.29) is 0 Å². The Balaban J connectivity index is 1.77. The van der Waals surface area contributed by atoms with Crippen molar-refractivity contribution in [3.05, 3.63) is 36.9 Å². The van der Waals surface area contributed by atoms with E-state index in [1.807, 2.05) is 24.3 Å². The number of benzene rings is 1. The van der Waals surface area contributed by atoms with E-state index in [9.17, 15) is 0 Å². The number of nitrogens with zero attached hydrogens (tertiary/aromatic N) is 1. The number of thiazole rings is 1. The number of fused-ring (bicyclic) bond motifs is 1. The summed E-state index contributed by atoms with van der Waals surface area (Å²) in [5.41, 5.74) is 1.05. The van der Waals surface area contributed by atoms with Gasteiger partial charge in [-0.3, -0.25) is 0 Å². The molecule has 0 saturated carbocycles. The predicted octanol–water partition coefficient (Wildman–Crippen LogP) is 3.30. The van der Waals surface area contributed by atoms with Gasteiger partial charge in [0.25, 0.3) is 0 Å². The quantitative estimate of drug-likeness (QED) is 0.603. The zero-order valence-electron chi connectivity index (χ0n) is 9.69. The van der Waals surface area contributed by atoms with Crippen LogP contribution >= 0.6 is 11.3 Å². The van der Waals surface area contributed by atoms with Gasteiger partial charge >= 0.3 is 0 Å². The SMILES string of the molecule is C=CCCOCCNc1nc2ccccc2s1. The fraction of sp³-hybridized carbons (Fsp3) is 0.308. The van der Waals surface area contributed by atoms with Crippen LogP contribution < -0.4 is 5.32 Å². The molecule has 17 heavy (non-hydrogen) atoms. The van der Waals surface area contributed by atoms with Crippen molar-refractivity contribution >= 4 is 26.7 Å². The normalized spacial score (nSPS) is 10.6. The van der Waals surface area contributed by atoms with Crippen LogP contribution in [0.1, 0.15) is 6.42 Å². The van der Waals surface area contributed by atoms with Crippen LogP contribution in [0.2, 0.25) is 0 Å². The molecule has 1 N–H and O–H groups in total. The summed E-state index contributed by atoms with van der Waals surface area (Å²) in [5, 5.41) is 4.22. The minimum Gasteiger partial charge on any atom is -0.379 e. The number of hydrogen-bond donors (Lipinski definition) is 1. The molecule has 0 radical (unpaired) electrons. The lowest BCUT2D eigenvalue weighted by Gasteiger charge is -2.02. The molecular weight excluding hydrogens is 232 g/mol. The third-order valence-corrected chi connectivity index (χ3v) is 3.28. The summed E-state index contributed by atoms with van der Waals surface area (Å²) in [6.07, 6.45) is 2.77. The Hall–Kier alpha value is -1.39. The van der Waals surface area contributed by atoms with Crippen molar-refractivity contribution < 1.29 is 4.74 Å². The van der Waals surface area contributed by atoms with E-state index in [2.05, 4.69) is 22.9 Å². The highest BCUT2D eigenvalue weighted by Gasteiger charge is 2.01. The monoisotopic (exact) mass is 248 g/mol. The van der Waals surface area contributed by atoms with E-state index in [1.54, 1.807) is 11.3 Å².